The first kappa shape index (κ1) is 19.3. The number of carboxylic acids is 1. The van der Waals surface area contributed by atoms with Gasteiger partial charge in [-0.25, -0.2) is 19.3 Å². The van der Waals surface area contributed by atoms with E-state index in [0.717, 1.165) is 11.0 Å². The van der Waals surface area contributed by atoms with E-state index in [1.807, 2.05) is 13.8 Å². The van der Waals surface area contributed by atoms with Crippen molar-refractivity contribution < 1.29 is 9.90 Å². The maximum absolute atomic E-state index is 12.3. The molecule has 0 fully saturated rings. The average molecular weight is 383 g/mol. The summed E-state index contributed by atoms with van der Waals surface area (Å²) >= 11 is 0. The van der Waals surface area contributed by atoms with Gasteiger partial charge in [-0.15, -0.1) is 0 Å². The number of pyridine rings is 1. The maximum atomic E-state index is 12.3. The van der Waals surface area contributed by atoms with Crippen molar-refractivity contribution in [3.8, 4) is 0 Å². The Kier molecular flexibility index (Phi) is 5.00. The molecule has 0 saturated heterocycles. The van der Waals surface area contributed by atoms with Crippen molar-refractivity contribution in [1.29, 1.82) is 0 Å². The lowest BCUT2D eigenvalue weighted by atomic mass is 10.1. The van der Waals surface area contributed by atoms with Crippen LogP contribution in [-0.4, -0.2) is 35.0 Å². The first-order chi connectivity index (χ1) is 13.2. The minimum absolute atomic E-state index is 0.0572. The molecule has 9 heteroatoms. The second kappa shape index (κ2) is 7.26. The number of aromatic nitrogens is 5. The largest absolute Gasteiger partial charge is 0.478 e. The normalized spacial score (nSPS) is 12.7. The molecule has 1 N–H and O–H groups in total. The van der Waals surface area contributed by atoms with E-state index in [2.05, 4.69) is 10.1 Å². The van der Waals surface area contributed by atoms with Crippen molar-refractivity contribution in [2.75, 3.05) is 0 Å². The Morgan fingerprint density at radius 3 is 2.64 bits per heavy atom. The summed E-state index contributed by atoms with van der Waals surface area (Å²) in [5.41, 5.74) is 0.371. The van der Waals surface area contributed by atoms with Crippen molar-refractivity contribution in [1.82, 2.24) is 23.9 Å². The summed E-state index contributed by atoms with van der Waals surface area (Å²) in [7, 11) is 2.95. The van der Waals surface area contributed by atoms with Gasteiger partial charge in [0.2, 0.25) is 0 Å². The number of hydrogen-bond donors (Lipinski definition) is 1. The van der Waals surface area contributed by atoms with E-state index < -0.39 is 17.2 Å². The fourth-order valence-corrected chi connectivity index (χ4v) is 2.92. The zero-order chi connectivity index (χ0) is 20.6. The molecule has 146 valence electrons. The smallest absolute Gasteiger partial charge is 0.336 e. The van der Waals surface area contributed by atoms with Gasteiger partial charge in [0, 0.05) is 20.3 Å². The molecule has 3 heterocycles. The Balaban J connectivity index is 2.16. The van der Waals surface area contributed by atoms with E-state index in [4.69, 9.17) is 0 Å². The van der Waals surface area contributed by atoms with Crippen molar-refractivity contribution in [2.24, 2.45) is 14.1 Å². The molecule has 0 radical (unpaired) electrons. The fourth-order valence-electron chi connectivity index (χ4n) is 2.92. The second-order valence-corrected chi connectivity index (χ2v) is 6.66. The highest BCUT2D eigenvalue weighted by atomic mass is 16.4. The van der Waals surface area contributed by atoms with E-state index in [0.29, 0.717) is 22.3 Å². The molecule has 3 aromatic heterocycles. The lowest BCUT2D eigenvalue weighted by Gasteiger charge is -2.10. The number of carboxylic acid groups (broad SMARTS) is 1. The summed E-state index contributed by atoms with van der Waals surface area (Å²) in [5, 5.41) is 14.3. The third kappa shape index (κ3) is 3.26. The van der Waals surface area contributed by atoms with E-state index in [-0.39, 0.29) is 11.6 Å². The molecule has 1 unspecified atom stereocenters. The monoisotopic (exact) mass is 383 g/mol. The second-order valence-electron chi connectivity index (χ2n) is 6.66. The number of aromatic carboxylic acids is 1. The van der Waals surface area contributed by atoms with Crippen LogP contribution in [0.25, 0.3) is 23.2 Å². The third-order valence-corrected chi connectivity index (χ3v) is 4.73. The maximum Gasteiger partial charge on any atom is 0.336 e. The highest BCUT2D eigenvalue weighted by Gasteiger charge is 2.17. The number of fused-ring (bicyclic) bond motifs is 1. The van der Waals surface area contributed by atoms with Gasteiger partial charge < -0.3 is 9.67 Å². The van der Waals surface area contributed by atoms with Crippen LogP contribution in [0.3, 0.4) is 0 Å². The number of hydrogen-bond acceptors (Lipinski definition) is 5. The van der Waals surface area contributed by atoms with Gasteiger partial charge >= 0.3 is 11.7 Å². The molecule has 0 aliphatic rings. The van der Waals surface area contributed by atoms with Gasteiger partial charge in [-0.2, -0.15) is 5.10 Å². The van der Waals surface area contributed by atoms with Crippen LogP contribution in [0, 0.1) is 0 Å². The minimum atomic E-state index is -1.08. The quantitative estimate of drug-likeness (QED) is 0.717. The first-order valence-corrected chi connectivity index (χ1v) is 8.80. The Morgan fingerprint density at radius 1 is 1.29 bits per heavy atom. The van der Waals surface area contributed by atoms with Crippen LogP contribution < -0.4 is 11.2 Å². The molecular weight excluding hydrogens is 362 g/mol. The van der Waals surface area contributed by atoms with Crippen LogP contribution in [-0.2, 0) is 14.1 Å². The summed E-state index contributed by atoms with van der Waals surface area (Å²) in [5.74, 6) is -1.08. The van der Waals surface area contributed by atoms with Gasteiger partial charge in [0.1, 0.15) is 0 Å². The van der Waals surface area contributed by atoms with Crippen LogP contribution in [0.4, 0.5) is 0 Å². The average Bonchev–Trinajstić information content (AvgIpc) is 3.10. The molecule has 0 saturated carbocycles. The van der Waals surface area contributed by atoms with Crippen LogP contribution in [0.2, 0.25) is 0 Å². The summed E-state index contributed by atoms with van der Waals surface area (Å²) in [6.07, 6.45) is 6.83. The lowest BCUT2D eigenvalue weighted by molar-refractivity contribution is 0.0699. The van der Waals surface area contributed by atoms with Gasteiger partial charge in [-0.05, 0) is 31.6 Å². The summed E-state index contributed by atoms with van der Waals surface area (Å²) < 4.78 is 4.01. The van der Waals surface area contributed by atoms with E-state index in [1.165, 1.54) is 36.2 Å². The van der Waals surface area contributed by atoms with E-state index in [9.17, 15) is 19.5 Å². The van der Waals surface area contributed by atoms with Gasteiger partial charge in [-0.3, -0.25) is 9.36 Å². The Labute approximate surface area is 160 Å². The SMILES string of the molecule is CCC(C)n1ncc2c(C(=O)O)cc(C=Cc3cn(C)c(=O)n(C)c3=O)nc21. The predicted octanol–water partition coefficient (Wildman–Crippen LogP) is 1.67. The van der Waals surface area contributed by atoms with Crippen molar-refractivity contribution in [3.05, 3.63) is 56.1 Å². The molecule has 0 amide bonds. The highest BCUT2D eigenvalue weighted by Crippen LogP contribution is 2.23. The topological polar surface area (TPSA) is 112 Å². The Hall–Kier alpha value is -3.49. The number of carbonyl (C=O) groups is 1. The molecule has 3 rings (SSSR count). The van der Waals surface area contributed by atoms with Crippen LogP contribution in [0.1, 0.15) is 47.9 Å². The number of nitrogens with zero attached hydrogens (tertiary/aromatic N) is 5. The molecule has 0 aliphatic heterocycles. The Morgan fingerprint density at radius 2 is 2.00 bits per heavy atom. The third-order valence-electron chi connectivity index (χ3n) is 4.73. The zero-order valence-corrected chi connectivity index (χ0v) is 16.1. The predicted molar refractivity (Wildman–Crippen MR) is 105 cm³/mol. The Bertz CT molecular complexity index is 1220. The van der Waals surface area contributed by atoms with Crippen LogP contribution in [0.5, 0.6) is 0 Å². The molecule has 0 aromatic carbocycles. The summed E-state index contributed by atoms with van der Waals surface area (Å²) in [4.78, 5) is 40.3. The van der Waals surface area contributed by atoms with Gasteiger partial charge in [0.05, 0.1) is 34.4 Å². The van der Waals surface area contributed by atoms with E-state index in [1.54, 1.807) is 17.8 Å². The first-order valence-electron chi connectivity index (χ1n) is 8.80. The minimum Gasteiger partial charge on any atom is -0.478 e. The highest BCUT2D eigenvalue weighted by molar-refractivity contribution is 6.02. The molecule has 0 aliphatic carbocycles. The van der Waals surface area contributed by atoms with Crippen molar-refractivity contribution in [3.63, 3.8) is 0 Å². The van der Waals surface area contributed by atoms with Crippen LogP contribution in [0.15, 0.2) is 28.0 Å². The number of rotatable bonds is 5. The van der Waals surface area contributed by atoms with Gasteiger partial charge in [-0.1, -0.05) is 6.92 Å². The standard InChI is InChI=1S/C19H21N5O4/c1-5-11(2)24-16-15(9-20-24)14(18(26)27)8-13(21-16)7-6-12-10-22(3)19(28)23(4)17(12)25/h6-11H,5H2,1-4H3,(H,26,27). The molecule has 0 spiro atoms. The molecule has 3 aromatic rings. The fraction of sp³-hybridized carbons (Fsp3) is 0.316. The van der Waals surface area contributed by atoms with Crippen molar-refractivity contribution in [2.45, 2.75) is 26.3 Å². The molecular formula is C19H21N5O4. The lowest BCUT2D eigenvalue weighted by Crippen LogP contribution is -2.37. The van der Waals surface area contributed by atoms with Crippen molar-refractivity contribution >= 4 is 29.2 Å². The van der Waals surface area contributed by atoms with Gasteiger partial charge in [0.25, 0.3) is 5.56 Å². The molecule has 9 nitrogen and oxygen atoms in total. The van der Waals surface area contributed by atoms with Gasteiger partial charge in [0.15, 0.2) is 5.65 Å². The van der Waals surface area contributed by atoms with Crippen LogP contribution >= 0.6 is 0 Å². The zero-order valence-electron chi connectivity index (χ0n) is 16.1. The number of aryl methyl sites for hydroxylation is 1. The molecule has 1 atom stereocenters. The van der Waals surface area contributed by atoms with E-state index >= 15 is 0 Å². The molecule has 28 heavy (non-hydrogen) atoms. The summed E-state index contributed by atoms with van der Waals surface area (Å²) in [6, 6.07) is 1.50. The molecule has 0 bridgehead atoms. The summed E-state index contributed by atoms with van der Waals surface area (Å²) in [6.45, 7) is 3.99.